The summed E-state index contributed by atoms with van der Waals surface area (Å²) in [5.41, 5.74) is 17.8. The molecule has 0 bridgehead atoms. The number of rotatable bonds is 6. The molecule has 10 aromatic rings. The van der Waals surface area contributed by atoms with Crippen molar-refractivity contribution in [3.8, 4) is 22.3 Å². The van der Waals surface area contributed by atoms with E-state index in [0.29, 0.717) is 0 Å². The monoisotopic (exact) mass is 753 g/mol. The standard InChI is InChI=1S/C57H39NO/c1-56(48-29-15-11-25-42(48)43-26-12-16-30-49(43)56)51-36-35-47-46-28-14-18-32-53(46)59-55(47)54(51)58(40-23-9-4-10-24-40)41-33-34-45-44-27-13-17-31-50(44)57(52(45)37-41,38-19-5-2-6-20-38)39-21-7-3-8-22-39/h2-37H,1H3. The summed E-state index contributed by atoms with van der Waals surface area (Å²) in [6.45, 7) is 2.41. The molecule has 278 valence electrons. The fourth-order valence-electron chi connectivity index (χ4n) is 10.7. The van der Waals surface area contributed by atoms with Crippen LogP contribution < -0.4 is 4.90 Å². The van der Waals surface area contributed by atoms with Gasteiger partial charge in [-0.1, -0.05) is 188 Å². The Morgan fingerprint density at radius 3 is 1.53 bits per heavy atom. The maximum atomic E-state index is 7.11. The Labute approximate surface area is 344 Å². The van der Waals surface area contributed by atoms with E-state index in [1.54, 1.807) is 0 Å². The number of nitrogens with zero attached hydrogens (tertiary/aromatic N) is 1. The van der Waals surface area contributed by atoms with E-state index in [0.717, 1.165) is 39.0 Å². The van der Waals surface area contributed by atoms with Gasteiger partial charge in [-0.25, -0.2) is 0 Å². The molecule has 0 amide bonds. The molecule has 0 aliphatic heterocycles. The van der Waals surface area contributed by atoms with E-state index in [9.17, 15) is 0 Å². The number of fused-ring (bicyclic) bond motifs is 9. The summed E-state index contributed by atoms with van der Waals surface area (Å²) in [6.07, 6.45) is 0. The minimum absolute atomic E-state index is 0.493. The average Bonchev–Trinajstić information content (AvgIpc) is 3.92. The van der Waals surface area contributed by atoms with Crippen LogP contribution in [0.5, 0.6) is 0 Å². The smallest absolute Gasteiger partial charge is 0.159 e. The Kier molecular flexibility index (Phi) is 7.31. The van der Waals surface area contributed by atoms with Gasteiger partial charge in [0.25, 0.3) is 0 Å². The number of benzene rings is 9. The summed E-state index contributed by atoms with van der Waals surface area (Å²) >= 11 is 0. The minimum Gasteiger partial charge on any atom is -0.454 e. The molecular formula is C57H39NO. The van der Waals surface area contributed by atoms with Gasteiger partial charge in [-0.05, 0) is 98.5 Å². The molecule has 0 atom stereocenters. The van der Waals surface area contributed by atoms with E-state index >= 15 is 0 Å². The van der Waals surface area contributed by atoms with Gasteiger partial charge in [0, 0.05) is 27.6 Å². The van der Waals surface area contributed by atoms with Gasteiger partial charge in [0.1, 0.15) is 5.58 Å². The van der Waals surface area contributed by atoms with Gasteiger partial charge >= 0.3 is 0 Å². The van der Waals surface area contributed by atoms with Gasteiger partial charge in [0.2, 0.25) is 0 Å². The number of furan rings is 1. The van der Waals surface area contributed by atoms with Crippen molar-refractivity contribution in [3.05, 3.63) is 257 Å². The zero-order valence-corrected chi connectivity index (χ0v) is 32.6. The fourth-order valence-corrected chi connectivity index (χ4v) is 10.7. The second-order valence-corrected chi connectivity index (χ2v) is 16.1. The SMILES string of the molecule is CC1(c2ccc3c(oc4ccccc43)c2N(c2ccccc2)c2ccc3c(c2)C(c2ccccc2)(c2ccccc2)c2ccccc2-3)c2ccccc2-c2ccccc21. The lowest BCUT2D eigenvalue weighted by Crippen LogP contribution is -2.29. The van der Waals surface area contributed by atoms with Gasteiger partial charge in [-0.15, -0.1) is 0 Å². The molecule has 12 rings (SSSR count). The lowest BCUT2D eigenvalue weighted by molar-refractivity contribution is 0.662. The lowest BCUT2D eigenvalue weighted by Gasteiger charge is -2.36. The van der Waals surface area contributed by atoms with Crippen molar-refractivity contribution in [2.45, 2.75) is 17.8 Å². The Balaban J connectivity index is 1.21. The van der Waals surface area contributed by atoms with E-state index in [1.807, 2.05) is 0 Å². The van der Waals surface area contributed by atoms with Gasteiger partial charge in [0.05, 0.1) is 11.1 Å². The maximum absolute atomic E-state index is 7.11. The first-order valence-corrected chi connectivity index (χ1v) is 20.5. The fraction of sp³-hybridized carbons (Fsp3) is 0.0526. The van der Waals surface area contributed by atoms with Crippen molar-refractivity contribution < 1.29 is 4.42 Å². The first kappa shape index (κ1) is 33.7. The predicted molar refractivity (Wildman–Crippen MR) is 243 cm³/mol. The lowest BCUT2D eigenvalue weighted by atomic mass is 9.67. The molecule has 59 heavy (non-hydrogen) atoms. The van der Waals surface area contributed by atoms with E-state index in [4.69, 9.17) is 4.42 Å². The number of hydrogen-bond donors (Lipinski definition) is 0. The second kappa shape index (κ2) is 12.8. The first-order valence-electron chi connectivity index (χ1n) is 20.5. The Morgan fingerprint density at radius 2 is 0.881 bits per heavy atom. The highest BCUT2D eigenvalue weighted by atomic mass is 16.3. The van der Waals surface area contributed by atoms with Crippen LogP contribution in [0.1, 0.15) is 45.9 Å². The molecule has 2 aliphatic carbocycles. The van der Waals surface area contributed by atoms with Crippen LogP contribution in [0.2, 0.25) is 0 Å². The molecule has 0 fully saturated rings. The molecule has 0 saturated carbocycles. The number of anilines is 3. The van der Waals surface area contributed by atoms with E-state index < -0.39 is 10.8 Å². The highest BCUT2D eigenvalue weighted by Crippen LogP contribution is 2.60. The highest BCUT2D eigenvalue weighted by molar-refractivity contribution is 6.12. The van der Waals surface area contributed by atoms with Crippen molar-refractivity contribution >= 4 is 39.0 Å². The van der Waals surface area contributed by atoms with Gasteiger partial charge in [-0.2, -0.15) is 0 Å². The molecule has 2 nitrogen and oxygen atoms in total. The average molecular weight is 754 g/mol. The van der Waals surface area contributed by atoms with Crippen LogP contribution in [0.25, 0.3) is 44.2 Å². The second-order valence-electron chi connectivity index (χ2n) is 16.1. The minimum atomic E-state index is -0.545. The Bertz CT molecular complexity index is 3150. The molecule has 1 aromatic heterocycles. The van der Waals surface area contributed by atoms with E-state index in [2.05, 4.69) is 230 Å². The molecular weight excluding hydrogens is 715 g/mol. The Morgan fingerprint density at radius 1 is 0.373 bits per heavy atom. The summed E-state index contributed by atoms with van der Waals surface area (Å²) in [5, 5.41) is 2.21. The van der Waals surface area contributed by atoms with Gasteiger partial charge in [-0.3, -0.25) is 0 Å². The normalized spacial score (nSPS) is 14.1. The van der Waals surface area contributed by atoms with E-state index in [-0.39, 0.29) is 0 Å². The Hall–Kier alpha value is -7.42. The van der Waals surface area contributed by atoms with Crippen molar-refractivity contribution in [1.29, 1.82) is 0 Å². The summed E-state index contributed by atoms with van der Waals surface area (Å²) in [6, 6.07) is 80.0. The van der Waals surface area contributed by atoms with Crippen molar-refractivity contribution in [1.82, 2.24) is 0 Å². The topological polar surface area (TPSA) is 16.4 Å². The molecule has 0 saturated heterocycles. The summed E-state index contributed by atoms with van der Waals surface area (Å²) in [7, 11) is 0. The summed E-state index contributed by atoms with van der Waals surface area (Å²) < 4.78 is 7.11. The van der Waals surface area contributed by atoms with Gasteiger partial charge < -0.3 is 9.32 Å². The van der Waals surface area contributed by atoms with Crippen LogP contribution in [-0.2, 0) is 10.8 Å². The number of hydrogen-bond acceptors (Lipinski definition) is 2. The van der Waals surface area contributed by atoms with E-state index in [1.165, 1.54) is 61.2 Å². The molecule has 0 N–H and O–H groups in total. The molecule has 0 radical (unpaired) electrons. The van der Waals surface area contributed by atoms with Crippen LogP contribution in [0.4, 0.5) is 17.1 Å². The largest absolute Gasteiger partial charge is 0.454 e. The van der Waals surface area contributed by atoms with Crippen molar-refractivity contribution in [2.75, 3.05) is 4.90 Å². The molecule has 2 heteroatoms. The van der Waals surface area contributed by atoms with Crippen molar-refractivity contribution in [2.24, 2.45) is 0 Å². The van der Waals surface area contributed by atoms with Crippen LogP contribution in [-0.4, -0.2) is 0 Å². The van der Waals surface area contributed by atoms with Crippen LogP contribution in [0.3, 0.4) is 0 Å². The third-order valence-electron chi connectivity index (χ3n) is 13.2. The van der Waals surface area contributed by atoms with Crippen LogP contribution in [0, 0.1) is 0 Å². The third kappa shape index (κ3) is 4.63. The molecule has 2 aliphatic rings. The molecule has 0 spiro atoms. The van der Waals surface area contributed by atoms with Gasteiger partial charge in [0.15, 0.2) is 5.58 Å². The maximum Gasteiger partial charge on any atom is 0.159 e. The third-order valence-corrected chi connectivity index (χ3v) is 13.2. The quantitative estimate of drug-likeness (QED) is 0.168. The highest BCUT2D eigenvalue weighted by Gasteiger charge is 2.47. The van der Waals surface area contributed by atoms with Crippen molar-refractivity contribution in [3.63, 3.8) is 0 Å². The summed E-state index contributed by atoms with van der Waals surface area (Å²) in [5.74, 6) is 0. The molecule has 9 aromatic carbocycles. The summed E-state index contributed by atoms with van der Waals surface area (Å²) in [4.78, 5) is 2.47. The molecule has 1 heterocycles. The van der Waals surface area contributed by atoms with Crippen LogP contribution in [0.15, 0.2) is 223 Å². The van der Waals surface area contributed by atoms with Crippen LogP contribution >= 0.6 is 0 Å². The zero-order chi connectivity index (χ0) is 39.1. The number of para-hydroxylation sites is 2. The molecule has 0 unspecified atom stereocenters. The predicted octanol–water partition coefficient (Wildman–Crippen LogP) is 14.8. The zero-order valence-electron chi connectivity index (χ0n) is 32.6. The first-order chi connectivity index (χ1) is 29.2.